The Morgan fingerprint density at radius 3 is 2.40 bits per heavy atom. The third-order valence-electron chi connectivity index (χ3n) is 4.46. The number of nitrogens with zero attached hydrogens (tertiary/aromatic N) is 3. The molecule has 5 nitrogen and oxygen atoms in total. The fourth-order valence-corrected chi connectivity index (χ4v) is 2.96. The minimum Gasteiger partial charge on any atom is -0.339 e. The van der Waals surface area contributed by atoms with Crippen LogP contribution in [0.25, 0.3) is 0 Å². The van der Waals surface area contributed by atoms with Crippen molar-refractivity contribution in [3.63, 3.8) is 0 Å². The molecule has 1 saturated heterocycles. The summed E-state index contributed by atoms with van der Waals surface area (Å²) in [4.78, 5) is 32.5. The summed E-state index contributed by atoms with van der Waals surface area (Å²) in [6, 6.07) is 9.81. The molecule has 1 aliphatic rings. The molecule has 6 heteroatoms. The summed E-state index contributed by atoms with van der Waals surface area (Å²) in [6.07, 6.45) is 1.70. The van der Waals surface area contributed by atoms with Gasteiger partial charge in [0.2, 0.25) is 5.91 Å². The normalized spacial score (nSPS) is 14.5. The van der Waals surface area contributed by atoms with Crippen LogP contribution in [0.5, 0.6) is 0 Å². The van der Waals surface area contributed by atoms with Gasteiger partial charge in [0.1, 0.15) is 5.82 Å². The smallest absolute Gasteiger partial charge is 0.255 e. The van der Waals surface area contributed by atoms with Crippen LogP contribution in [0.4, 0.5) is 4.39 Å². The zero-order chi connectivity index (χ0) is 17.8. The molecule has 0 spiro atoms. The molecular weight excluding hydrogens is 321 g/mol. The van der Waals surface area contributed by atoms with E-state index in [2.05, 4.69) is 4.98 Å². The van der Waals surface area contributed by atoms with E-state index in [1.807, 2.05) is 0 Å². The van der Waals surface area contributed by atoms with Gasteiger partial charge in [-0.05, 0) is 30.7 Å². The number of piperazine rings is 1. The molecule has 0 radical (unpaired) electrons. The van der Waals surface area contributed by atoms with Crippen molar-refractivity contribution in [2.45, 2.75) is 13.3 Å². The summed E-state index contributed by atoms with van der Waals surface area (Å²) >= 11 is 0. The minimum absolute atomic E-state index is 0.0440. The topological polar surface area (TPSA) is 53.5 Å². The molecule has 0 N–H and O–H groups in total. The van der Waals surface area contributed by atoms with Crippen LogP contribution in [0.2, 0.25) is 0 Å². The van der Waals surface area contributed by atoms with Gasteiger partial charge in [0, 0.05) is 38.1 Å². The number of carbonyl (C=O) groups is 2. The van der Waals surface area contributed by atoms with Crippen LogP contribution in [0.15, 0.2) is 42.6 Å². The maximum Gasteiger partial charge on any atom is 0.255 e. The van der Waals surface area contributed by atoms with Crippen LogP contribution in [0, 0.1) is 12.7 Å². The molecule has 0 unspecified atom stereocenters. The van der Waals surface area contributed by atoms with E-state index in [0.29, 0.717) is 43.0 Å². The van der Waals surface area contributed by atoms with Crippen molar-refractivity contribution in [1.82, 2.24) is 14.8 Å². The van der Waals surface area contributed by atoms with Crippen LogP contribution >= 0.6 is 0 Å². The number of rotatable bonds is 3. The number of hydrogen-bond donors (Lipinski definition) is 0. The molecule has 3 rings (SSSR count). The Labute approximate surface area is 146 Å². The molecule has 2 amide bonds. The molecule has 1 aromatic carbocycles. The van der Waals surface area contributed by atoms with E-state index in [1.165, 1.54) is 6.07 Å². The number of aryl methyl sites for hydroxylation is 1. The van der Waals surface area contributed by atoms with E-state index in [0.717, 1.165) is 0 Å². The molecule has 25 heavy (non-hydrogen) atoms. The summed E-state index contributed by atoms with van der Waals surface area (Å²) in [5.74, 6) is -0.543. The molecule has 1 aliphatic heterocycles. The van der Waals surface area contributed by atoms with Crippen LogP contribution in [-0.4, -0.2) is 52.8 Å². The van der Waals surface area contributed by atoms with Gasteiger partial charge in [0.25, 0.3) is 5.91 Å². The Balaban J connectivity index is 1.58. The van der Waals surface area contributed by atoms with Crippen molar-refractivity contribution in [3.05, 3.63) is 65.2 Å². The SMILES string of the molecule is Cc1ncccc1C(=O)N1CCN(C(=O)Cc2ccccc2F)CC1. The Morgan fingerprint density at radius 1 is 1.04 bits per heavy atom. The maximum absolute atomic E-state index is 13.7. The van der Waals surface area contributed by atoms with Crippen molar-refractivity contribution >= 4 is 11.8 Å². The van der Waals surface area contributed by atoms with Gasteiger partial charge in [-0.1, -0.05) is 18.2 Å². The number of hydrogen-bond acceptors (Lipinski definition) is 3. The molecule has 1 aromatic heterocycles. The summed E-state index contributed by atoms with van der Waals surface area (Å²) in [7, 11) is 0. The number of amides is 2. The highest BCUT2D eigenvalue weighted by Gasteiger charge is 2.26. The fraction of sp³-hybridized carbons (Fsp3) is 0.316. The zero-order valence-electron chi connectivity index (χ0n) is 14.1. The lowest BCUT2D eigenvalue weighted by molar-refractivity contribution is -0.132. The summed E-state index contributed by atoms with van der Waals surface area (Å²) < 4.78 is 13.7. The standard InChI is InChI=1S/C19H20FN3O2/c1-14-16(6-4-8-21-14)19(25)23-11-9-22(10-12-23)18(24)13-15-5-2-3-7-17(15)20/h2-8H,9-13H2,1H3. The van der Waals surface area contributed by atoms with Crippen molar-refractivity contribution in [1.29, 1.82) is 0 Å². The number of halogens is 1. The molecule has 0 aliphatic carbocycles. The van der Waals surface area contributed by atoms with Gasteiger partial charge in [-0.15, -0.1) is 0 Å². The molecule has 2 aromatic rings. The second kappa shape index (κ2) is 7.42. The average Bonchev–Trinajstić information content (AvgIpc) is 2.63. The Hall–Kier alpha value is -2.76. The van der Waals surface area contributed by atoms with Gasteiger partial charge in [-0.25, -0.2) is 4.39 Å². The molecule has 0 saturated carbocycles. The van der Waals surface area contributed by atoms with Crippen LogP contribution in [0.3, 0.4) is 0 Å². The second-order valence-corrected chi connectivity index (χ2v) is 6.08. The van der Waals surface area contributed by atoms with Crippen molar-refractivity contribution < 1.29 is 14.0 Å². The number of benzene rings is 1. The van der Waals surface area contributed by atoms with E-state index >= 15 is 0 Å². The minimum atomic E-state index is -0.364. The fourth-order valence-electron chi connectivity index (χ4n) is 2.96. The van der Waals surface area contributed by atoms with E-state index in [-0.39, 0.29) is 24.1 Å². The second-order valence-electron chi connectivity index (χ2n) is 6.08. The number of pyridine rings is 1. The van der Waals surface area contributed by atoms with Gasteiger partial charge in [0.15, 0.2) is 0 Å². The monoisotopic (exact) mass is 341 g/mol. The first-order chi connectivity index (χ1) is 12.1. The summed E-state index contributed by atoms with van der Waals surface area (Å²) in [5.41, 5.74) is 1.69. The van der Waals surface area contributed by atoms with Crippen molar-refractivity contribution in [3.8, 4) is 0 Å². The zero-order valence-corrected chi connectivity index (χ0v) is 14.1. The van der Waals surface area contributed by atoms with Gasteiger partial charge in [-0.3, -0.25) is 14.6 Å². The first-order valence-corrected chi connectivity index (χ1v) is 8.28. The summed E-state index contributed by atoms with van der Waals surface area (Å²) in [5, 5.41) is 0. The largest absolute Gasteiger partial charge is 0.339 e. The first-order valence-electron chi connectivity index (χ1n) is 8.28. The predicted molar refractivity (Wildman–Crippen MR) is 91.6 cm³/mol. The molecule has 2 heterocycles. The number of carbonyl (C=O) groups excluding carboxylic acids is 2. The third-order valence-corrected chi connectivity index (χ3v) is 4.46. The lowest BCUT2D eigenvalue weighted by Gasteiger charge is -2.35. The number of aromatic nitrogens is 1. The van der Waals surface area contributed by atoms with Gasteiger partial charge in [0.05, 0.1) is 12.0 Å². The highest BCUT2D eigenvalue weighted by Crippen LogP contribution is 2.13. The van der Waals surface area contributed by atoms with Gasteiger partial charge < -0.3 is 9.80 Å². The van der Waals surface area contributed by atoms with Crippen molar-refractivity contribution in [2.24, 2.45) is 0 Å². The molecule has 0 bridgehead atoms. The van der Waals surface area contributed by atoms with Crippen LogP contribution in [-0.2, 0) is 11.2 Å². The van der Waals surface area contributed by atoms with Gasteiger partial charge in [-0.2, -0.15) is 0 Å². The van der Waals surface area contributed by atoms with E-state index in [4.69, 9.17) is 0 Å². The quantitative estimate of drug-likeness (QED) is 0.859. The van der Waals surface area contributed by atoms with E-state index < -0.39 is 0 Å². The van der Waals surface area contributed by atoms with E-state index in [1.54, 1.807) is 53.3 Å². The lowest BCUT2D eigenvalue weighted by atomic mass is 10.1. The highest BCUT2D eigenvalue weighted by atomic mass is 19.1. The Bertz CT molecular complexity index is 786. The van der Waals surface area contributed by atoms with E-state index in [9.17, 15) is 14.0 Å². The van der Waals surface area contributed by atoms with Gasteiger partial charge >= 0.3 is 0 Å². The lowest BCUT2D eigenvalue weighted by Crippen LogP contribution is -2.51. The van der Waals surface area contributed by atoms with Crippen LogP contribution < -0.4 is 0 Å². The third kappa shape index (κ3) is 3.84. The maximum atomic E-state index is 13.7. The average molecular weight is 341 g/mol. The first kappa shape index (κ1) is 17.1. The molecule has 0 atom stereocenters. The Kier molecular flexibility index (Phi) is 5.07. The predicted octanol–water partition coefficient (Wildman–Crippen LogP) is 2.06. The highest BCUT2D eigenvalue weighted by molar-refractivity contribution is 5.95. The summed E-state index contributed by atoms with van der Waals surface area (Å²) in [6.45, 7) is 3.66. The Morgan fingerprint density at radius 2 is 1.72 bits per heavy atom. The molecule has 1 fully saturated rings. The van der Waals surface area contributed by atoms with Crippen molar-refractivity contribution in [2.75, 3.05) is 26.2 Å². The molecule has 130 valence electrons. The molecular formula is C19H20FN3O2. The van der Waals surface area contributed by atoms with Crippen LogP contribution in [0.1, 0.15) is 21.6 Å².